The molecular formula is C19H23N5O2. The Bertz CT molecular complexity index is 823. The van der Waals surface area contributed by atoms with E-state index in [1.54, 1.807) is 29.2 Å². The second-order valence-electron chi connectivity index (χ2n) is 7.29. The number of aromatic nitrogens is 3. The average molecular weight is 353 g/mol. The van der Waals surface area contributed by atoms with E-state index >= 15 is 0 Å². The van der Waals surface area contributed by atoms with Gasteiger partial charge < -0.3 is 9.80 Å². The summed E-state index contributed by atoms with van der Waals surface area (Å²) < 4.78 is 1.79. The van der Waals surface area contributed by atoms with Crippen molar-refractivity contribution in [3.63, 3.8) is 0 Å². The maximum absolute atomic E-state index is 12.7. The highest BCUT2D eigenvalue weighted by Gasteiger charge is 2.53. The number of amides is 2. The molecule has 0 unspecified atom stereocenters. The molecular weight excluding hydrogens is 330 g/mol. The van der Waals surface area contributed by atoms with E-state index in [1.165, 1.54) is 0 Å². The molecule has 0 saturated carbocycles. The Balaban J connectivity index is 1.55. The fraction of sp³-hybridized carbons (Fsp3) is 0.474. The quantitative estimate of drug-likeness (QED) is 0.819. The maximum atomic E-state index is 12.7. The summed E-state index contributed by atoms with van der Waals surface area (Å²) in [5, 5.41) is 4.29. The van der Waals surface area contributed by atoms with Crippen LogP contribution < -0.4 is 0 Å². The zero-order valence-electron chi connectivity index (χ0n) is 15.1. The Morgan fingerprint density at radius 3 is 2.50 bits per heavy atom. The van der Waals surface area contributed by atoms with Gasteiger partial charge in [-0.05, 0) is 30.5 Å². The third-order valence-electron chi connectivity index (χ3n) is 6.04. The first kappa shape index (κ1) is 16.8. The third kappa shape index (κ3) is 2.58. The van der Waals surface area contributed by atoms with Gasteiger partial charge in [-0.15, -0.1) is 0 Å². The average Bonchev–Trinajstić information content (AvgIpc) is 3.20. The van der Waals surface area contributed by atoms with Gasteiger partial charge in [-0.2, -0.15) is 5.10 Å². The van der Waals surface area contributed by atoms with Crippen molar-refractivity contribution in [2.75, 3.05) is 20.1 Å². The van der Waals surface area contributed by atoms with Crippen LogP contribution in [0.25, 0.3) is 0 Å². The molecule has 1 spiro atoms. The summed E-state index contributed by atoms with van der Waals surface area (Å²) in [5.41, 5.74) is 1.55. The minimum absolute atomic E-state index is 0.0344. The molecule has 136 valence electrons. The molecule has 2 amide bonds. The Morgan fingerprint density at radius 1 is 1.19 bits per heavy atom. The number of likely N-dealkylation sites (N-methyl/N-ethyl adjacent to an activating group) is 1. The number of hydrogen-bond donors (Lipinski definition) is 0. The van der Waals surface area contributed by atoms with E-state index in [9.17, 15) is 9.59 Å². The smallest absolute Gasteiger partial charge is 0.253 e. The lowest BCUT2D eigenvalue weighted by molar-refractivity contribution is -0.130. The number of aryl methyl sites for hydroxylation is 1. The van der Waals surface area contributed by atoms with Crippen LogP contribution in [0, 0.1) is 0 Å². The zero-order valence-corrected chi connectivity index (χ0v) is 15.1. The number of carbonyl (C=O) groups excluding carboxylic acids is 2. The molecule has 4 heterocycles. The number of piperidine rings is 1. The van der Waals surface area contributed by atoms with Crippen LogP contribution >= 0.6 is 0 Å². The van der Waals surface area contributed by atoms with Crippen LogP contribution in [0.4, 0.5) is 0 Å². The summed E-state index contributed by atoms with van der Waals surface area (Å²) in [6, 6.07) is 3.49. The topological polar surface area (TPSA) is 71.3 Å². The molecule has 0 bridgehead atoms. The van der Waals surface area contributed by atoms with Gasteiger partial charge in [0.2, 0.25) is 5.91 Å². The Hall–Kier alpha value is -2.70. The number of rotatable bonds is 2. The van der Waals surface area contributed by atoms with E-state index in [2.05, 4.69) is 10.1 Å². The molecule has 4 rings (SSSR count). The van der Waals surface area contributed by atoms with E-state index in [1.807, 2.05) is 36.3 Å². The fourth-order valence-corrected chi connectivity index (χ4v) is 4.49. The Labute approximate surface area is 152 Å². The first-order valence-electron chi connectivity index (χ1n) is 8.96. The molecule has 2 saturated heterocycles. The van der Waals surface area contributed by atoms with Crippen LogP contribution in [-0.4, -0.2) is 62.1 Å². The normalized spacial score (nSPS) is 22.2. The molecule has 0 aliphatic carbocycles. The number of carbonyl (C=O) groups is 2. The van der Waals surface area contributed by atoms with E-state index in [0.717, 1.165) is 18.4 Å². The largest absolute Gasteiger partial charge is 0.339 e. The molecule has 0 aromatic carbocycles. The molecule has 2 aliphatic rings. The van der Waals surface area contributed by atoms with Gasteiger partial charge in [0.25, 0.3) is 5.91 Å². The Kier molecular flexibility index (Phi) is 4.01. The van der Waals surface area contributed by atoms with Crippen molar-refractivity contribution in [1.29, 1.82) is 0 Å². The van der Waals surface area contributed by atoms with Gasteiger partial charge in [-0.3, -0.25) is 19.3 Å². The van der Waals surface area contributed by atoms with Crippen molar-refractivity contribution in [3.05, 3.63) is 48.0 Å². The molecule has 7 nitrogen and oxygen atoms in total. The standard InChI is InChI=1S/C19H23N5O2/c1-22-13-15(12-21-22)16-11-17(25)23(2)19(16)5-9-24(10-6-19)18(26)14-3-7-20-8-4-14/h3-4,7-8,12-13,16H,5-6,9-11H2,1-2H3/t16-/m0/s1. The van der Waals surface area contributed by atoms with E-state index in [-0.39, 0.29) is 23.3 Å². The lowest BCUT2D eigenvalue weighted by Crippen LogP contribution is -2.55. The summed E-state index contributed by atoms with van der Waals surface area (Å²) in [7, 11) is 3.80. The van der Waals surface area contributed by atoms with Gasteiger partial charge in [0.1, 0.15) is 0 Å². The molecule has 7 heteroatoms. The minimum Gasteiger partial charge on any atom is -0.339 e. The highest BCUT2D eigenvalue weighted by molar-refractivity contribution is 5.94. The first-order valence-corrected chi connectivity index (χ1v) is 8.96. The van der Waals surface area contributed by atoms with Gasteiger partial charge >= 0.3 is 0 Å². The van der Waals surface area contributed by atoms with Crippen LogP contribution in [0.5, 0.6) is 0 Å². The van der Waals surface area contributed by atoms with Gasteiger partial charge in [-0.1, -0.05) is 0 Å². The summed E-state index contributed by atoms with van der Waals surface area (Å²) in [6.45, 7) is 1.30. The fourth-order valence-electron chi connectivity index (χ4n) is 4.49. The van der Waals surface area contributed by atoms with Crippen molar-refractivity contribution in [2.45, 2.75) is 30.7 Å². The molecule has 0 radical (unpaired) electrons. The van der Waals surface area contributed by atoms with Gasteiger partial charge in [0, 0.05) is 63.7 Å². The van der Waals surface area contributed by atoms with Crippen LogP contribution in [0.15, 0.2) is 36.9 Å². The van der Waals surface area contributed by atoms with Gasteiger partial charge in [0.15, 0.2) is 0 Å². The lowest BCUT2D eigenvalue weighted by atomic mass is 9.74. The molecule has 1 atom stereocenters. The monoisotopic (exact) mass is 353 g/mol. The molecule has 0 N–H and O–H groups in total. The number of likely N-dealkylation sites (tertiary alicyclic amines) is 2. The maximum Gasteiger partial charge on any atom is 0.253 e. The van der Waals surface area contributed by atoms with Crippen LogP contribution in [0.2, 0.25) is 0 Å². The van der Waals surface area contributed by atoms with Crippen molar-refractivity contribution in [3.8, 4) is 0 Å². The number of hydrogen-bond acceptors (Lipinski definition) is 4. The predicted molar refractivity (Wildman–Crippen MR) is 95.4 cm³/mol. The molecule has 26 heavy (non-hydrogen) atoms. The molecule has 2 fully saturated rings. The highest BCUT2D eigenvalue weighted by Crippen LogP contribution is 2.48. The number of pyridine rings is 1. The highest BCUT2D eigenvalue weighted by atomic mass is 16.2. The summed E-state index contributed by atoms with van der Waals surface area (Å²) in [5.74, 6) is 0.340. The lowest BCUT2D eigenvalue weighted by Gasteiger charge is -2.46. The molecule has 2 aliphatic heterocycles. The Morgan fingerprint density at radius 2 is 1.88 bits per heavy atom. The molecule has 2 aromatic heterocycles. The van der Waals surface area contributed by atoms with E-state index in [4.69, 9.17) is 0 Å². The van der Waals surface area contributed by atoms with Crippen LogP contribution in [0.1, 0.15) is 41.1 Å². The van der Waals surface area contributed by atoms with Crippen molar-refractivity contribution >= 4 is 11.8 Å². The van der Waals surface area contributed by atoms with Crippen molar-refractivity contribution < 1.29 is 9.59 Å². The summed E-state index contributed by atoms with van der Waals surface area (Å²) >= 11 is 0. The van der Waals surface area contributed by atoms with E-state index < -0.39 is 0 Å². The van der Waals surface area contributed by atoms with Crippen LogP contribution in [0.3, 0.4) is 0 Å². The third-order valence-corrected chi connectivity index (χ3v) is 6.04. The van der Waals surface area contributed by atoms with E-state index in [0.29, 0.717) is 25.1 Å². The second kappa shape index (κ2) is 6.23. The second-order valence-corrected chi connectivity index (χ2v) is 7.29. The minimum atomic E-state index is -0.227. The van der Waals surface area contributed by atoms with Gasteiger partial charge in [-0.25, -0.2) is 0 Å². The first-order chi connectivity index (χ1) is 12.5. The summed E-state index contributed by atoms with van der Waals surface area (Å²) in [6.07, 6.45) is 9.24. The SMILES string of the molecule is CN1C(=O)C[C@@H](c2cnn(C)c2)C12CCN(C(=O)c1ccncc1)CC2. The van der Waals surface area contributed by atoms with Crippen molar-refractivity contribution in [1.82, 2.24) is 24.6 Å². The summed E-state index contributed by atoms with van der Waals surface area (Å²) in [4.78, 5) is 33.0. The van der Waals surface area contributed by atoms with Gasteiger partial charge in [0.05, 0.1) is 11.7 Å². The predicted octanol–water partition coefficient (Wildman–Crippen LogP) is 1.44. The molecule has 2 aromatic rings. The zero-order chi connectivity index (χ0) is 18.3. The number of nitrogens with zero attached hydrogens (tertiary/aromatic N) is 5. The van der Waals surface area contributed by atoms with Crippen LogP contribution in [-0.2, 0) is 11.8 Å². The van der Waals surface area contributed by atoms with Crippen molar-refractivity contribution in [2.24, 2.45) is 7.05 Å².